The summed E-state index contributed by atoms with van der Waals surface area (Å²) in [7, 11) is 0. The standard InChI is InChI=1S/C13H18F3NO3/c14-13(15,16)12(20)17-6-5-9(11(18)19)10(7-17)8-3-1-2-4-8/h8-10H,1-7H2,(H,18,19)/t9-,10-/m1/s1. The largest absolute Gasteiger partial charge is 0.481 e. The van der Waals surface area contributed by atoms with Gasteiger partial charge in [0.1, 0.15) is 0 Å². The van der Waals surface area contributed by atoms with Crippen LogP contribution in [0.2, 0.25) is 0 Å². The third-order valence-electron chi connectivity index (χ3n) is 4.51. The number of rotatable bonds is 2. The van der Waals surface area contributed by atoms with Crippen LogP contribution in [0, 0.1) is 17.8 Å². The molecule has 1 N–H and O–H groups in total. The molecule has 114 valence electrons. The Balaban J connectivity index is 2.11. The van der Waals surface area contributed by atoms with Crippen LogP contribution in [0.5, 0.6) is 0 Å². The number of carboxylic acid groups (broad SMARTS) is 1. The molecule has 1 amide bonds. The number of nitrogens with zero attached hydrogens (tertiary/aromatic N) is 1. The van der Waals surface area contributed by atoms with Crippen molar-refractivity contribution in [3.05, 3.63) is 0 Å². The normalized spacial score (nSPS) is 28.6. The van der Waals surface area contributed by atoms with E-state index in [9.17, 15) is 27.9 Å². The molecule has 0 aromatic rings. The summed E-state index contributed by atoms with van der Waals surface area (Å²) in [5.74, 6) is -3.66. The number of carbonyl (C=O) groups is 2. The number of likely N-dealkylation sites (tertiary alicyclic amines) is 1. The predicted octanol–water partition coefficient (Wildman–Crippen LogP) is 2.29. The second-order valence-electron chi connectivity index (χ2n) is 5.69. The lowest BCUT2D eigenvalue weighted by atomic mass is 9.76. The molecule has 0 radical (unpaired) electrons. The fourth-order valence-electron chi connectivity index (χ4n) is 3.52. The number of carbonyl (C=O) groups excluding carboxylic acids is 1. The first kappa shape index (κ1) is 15.1. The minimum absolute atomic E-state index is 0.0834. The van der Waals surface area contributed by atoms with Crippen LogP contribution in [0.3, 0.4) is 0 Å². The summed E-state index contributed by atoms with van der Waals surface area (Å²) in [5.41, 5.74) is 0. The third-order valence-corrected chi connectivity index (χ3v) is 4.51. The van der Waals surface area contributed by atoms with Gasteiger partial charge in [0.2, 0.25) is 0 Å². The minimum atomic E-state index is -4.88. The van der Waals surface area contributed by atoms with Gasteiger partial charge in [-0.25, -0.2) is 0 Å². The molecule has 2 atom stereocenters. The van der Waals surface area contributed by atoms with E-state index in [1.165, 1.54) is 0 Å². The SMILES string of the molecule is O=C(O)[C@@H]1CCN(C(=O)C(F)(F)F)C[C@@H]1C1CCCC1. The van der Waals surface area contributed by atoms with Crippen molar-refractivity contribution >= 4 is 11.9 Å². The van der Waals surface area contributed by atoms with Crippen molar-refractivity contribution in [3.63, 3.8) is 0 Å². The van der Waals surface area contributed by atoms with Gasteiger partial charge >= 0.3 is 18.1 Å². The number of piperidine rings is 1. The molecule has 0 spiro atoms. The summed E-state index contributed by atoms with van der Waals surface area (Å²) in [6.07, 6.45) is -1.10. The maximum atomic E-state index is 12.5. The van der Waals surface area contributed by atoms with E-state index in [2.05, 4.69) is 0 Å². The Morgan fingerprint density at radius 3 is 2.20 bits per heavy atom. The molecule has 0 aromatic carbocycles. The first-order valence-corrected chi connectivity index (χ1v) is 6.89. The van der Waals surface area contributed by atoms with Gasteiger partial charge in [-0.05, 0) is 18.3 Å². The number of alkyl halides is 3. The van der Waals surface area contributed by atoms with E-state index >= 15 is 0 Å². The summed E-state index contributed by atoms with van der Waals surface area (Å²) in [4.78, 5) is 23.4. The van der Waals surface area contributed by atoms with Crippen LogP contribution in [0.4, 0.5) is 13.2 Å². The number of aliphatic carboxylic acids is 1. The summed E-state index contributed by atoms with van der Waals surface area (Å²) in [5, 5.41) is 9.23. The van der Waals surface area contributed by atoms with Gasteiger partial charge in [0.25, 0.3) is 0 Å². The molecule has 0 bridgehead atoms. The number of halogens is 3. The summed E-state index contributed by atoms with van der Waals surface area (Å²) in [6.45, 7) is -0.210. The van der Waals surface area contributed by atoms with Crippen LogP contribution in [-0.2, 0) is 9.59 Å². The van der Waals surface area contributed by atoms with Gasteiger partial charge in [0.15, 0.2) is 0 Å². The van der Waals surface area contributed by atoms with E-state index in [1.54, 1.807) is 0 Å². The average molecular weight is 293 g/mol. The summed E-state index contributed by atoms with van der Waals surface area (Å²) >= 11 is 0. The predicted molar refractivity (Wildman–Crippen MR) is 63.8 cm³/mol. The van der Waals surface area contributed by atoms with Crippen molar-refractivity contribution in [1.29, 1.82) is 0 Å². The van der Waals surface area contributed by atoms with Crippen LogP contribution in [0.1, 0.15) is 32.1 Å². The Kier molecular flexibility index (Phi) is 4.25. The average Bonchev–Trinajstić information content (AvgIpc) is 2.89. The number of hydrogen-bond donors (Lipinski definition) is 1. The zero-order valence-electron chi connectivity index (χ0n) is 11.0. The highest BCUT2D eigenvalue weighted by Gasteiger charge is 2.47. The van der Waals surface area contributed by atoms with Crippen LogP contribution < -0.4 is 0 Å². The second kappa shape index (κ2) is 5.61. The molecule has 1 aliphatic carbocycles. The molecular formula is C13H18F3NO3. The Morgan fingerprint density at radius 1 is 1.10 bits per heavy atom. The third kappa shape index (κ3) is 3.07. The Hall–Kier alpha value is -1.27. The van der Waals surface area contributed by atoms with Gasteiger partial charge in [-0.15, -0.1) is 0 Å². The van der Waals surface area contributed by atoms with Crippen molar-refractivity contribution in [2.75, 3.05) is 13.1 Å². The van der Waals surface area contributed by atoms with E-state index in [-0.39, 0.29) is 31.3 Å². The first-order chi connectivity index (χ1) is 9.30. The van der Waals surface area contributed by atoms with E-state index < -0.39 is 24.0 Å². The summed E-state index contributed by atoms with van der Waals surface area (Å²) in [6, 6.07) is 0. The van der Waals surface area contributed by atoms with Gasteiger partial charge in [-0.1, -0.05) is 25.7 Å². The lowest BCUT2D eigenvalue weighted by Gasteiger charge is -2.39. The molecule has 1 saturated heterocycles. The molecule has 1 aliphatic heterocycles. The fourth-order valence-corrected chi connectivity index (χ4v) is 3.52. The van der Waals surface area contributed by atoms with Crippen molar-refractivity contribution in [2.45, 2.75) is 38.3 Å². The molecule has 1 saturated carbocycles. The maximum absolute atomic E-state index is 12.5. The lowest BCUT2D eigenvalue weighted by molar-refractivity contribution is -0.189. The van der Waals surface area contributed by atoms with Gasteiger partial charge in [-0.3, -0.25) is 9.59 Å². The van der Waals surface area contributed by atoms with Crippen LogP contribution in [-0.4, -0.2) is 41.1 Å². The minimum Gasteiger partial charge on any atom is -0.481 e. The Labute approximate surface area is 114 Å². The molecule has 7 heteroatoms. The summed E-state index contributed by atoms with van der Waals surface area (Å²) < 4.78 is 37.5. The lowest BCUT2D eigenvalue weighted by Crippen LogP contribution is -2.51. The van der Waals surface area contributed by atoms with Crippen molar-refractivity contribution < 1.29 is 27.9 Å². The van der Waals surface area contributed by atoms with Gasteiger partial charge < -0.3 is 10.0 Å². The highest BCUT2D eigenvalue weighted by Crippen LogP contribution is 2.39. The van der Waals surface area contributed by atoms with E-state index in [1.807, 2.05) is 0 Å². The number of hydrogen-bond acceptors (Lipinski definition) is 2. The van der Waals surface area contributed by atoms with Crippen LogP contribution in [0.25, 0.3) is 0 Å². The quantitative estimate of drug-likeness (QED) is 0.850. The Morgan fingerprint density at radius 2 is 1.70 bits per heavy atom. The van der Waals surface area contributed by atoms with E-state index in [0.29, 0.717) is 0 Å². The van der Waals surface area contributed by atoms with Crippen molar-refractivity contribution in [1.82, 2.24) is 4.90 Å². The fraction of sp³-hybridized carbons (Fsp3) is 0.846. The van der Waals surface area contributed by atoms with E-state index in [4.69, 9.17) is 0 Å². The van der Waals surface area contributed by atoms with Crippen molar-refractivity contribution in [3.8, 4) is 0 Å². The van der Waals surface area contributed by atoms with Gasteiger partial charge in [-0.2, -0.15) is 13.2 Å². The highest BCUT2D eigenvalue weighted by molar-refractivity contribution is 5.82. The number of amides is 1. The zero-order chi connectivity index (χ0) is 14.9. The van der Waals surface area contributed by atoms with Gasteiger partial charge in [0.05, 0.1) is 5.92 Å². The Bertz CT molecular complexity index is 391. The smallest absolute Gasteiger partial charge is 0.471 e. The molecule has 0 unspecified atom stereocenters. The number of carboxylic acids is 1. The van der Waals surface area contributed by atoms with Gasteiger partial charge in [0, 0.05) is 13.1 Å². The van der Waals surface area contributed by atoms with Crippen LogP contribution >= 0.6 is 0 Å². The van der Waals surface area contributed by atoms with Crippen molar-refractivity contribution in [2.24, 2.45) is 17.8 Å². The van der Waals surface area contributed by atoms with E-state index in [0.717, 1.165) is 30.6 Å². The molecule has 2 fully saturated rings. The second-order valence-corrected chi connectivity index (χ2v) is 5.69. The maximum Gasteiger partial charge on any atom is 0.471 e. The zero-order valence-corrected chi connectivity index (χ0v) is 11.0. The monoisotopic (exact) mass is 293 g/mol. The molecular weight excluding hydrogens is 275 g/mol. The molecule has 2 aliphatic rings. The molecule has 4 nitrogen and oxygen atoms in total. The first-order valence-electron chi connectivity index (χ1n) is 6.89. The molecule has 20 heavy (non-hydrogen) atoms. The molecule has 2 rings (SSSR count). The molecule has 1 heterocycles. The van der Waals surface area contributed by atoms with Crippen LogP contribution in [0.15, 0.2) is 0 Å². The highest BCUT2D eigenvalue weighted by atomic mass is 19.4. The molecule has 0 aromatic heterocycles. The topological polar surface area (TPSA) is 57.6 Å².